The third-order valence-electron chi connectivity index (χ3n) is 6.36. The van der Waals surface area contributed by atoms with Gasteiger partial charge in [-0.1, -0.05) is 0 Å². The zero-order valence-electron chi connectivity index (χ0n) is 19.5. The summed E-state index contributed by atoms with van der Waals surface area (Å²) in [6, 6.07) is 9.83. The third kappa shape index (κ3) is 4.57. The predicted octanol–water partition coefficient (Wildman–Crippen LogP) is 2.87. The summed E-state index contributed by atoms with van der Waals surface area (Å²) < 4.78 is 5.15. The minimum absolute atomic E-state index is 0.0461. The highest BCUT2D eigenvalue weighted by molar-refractivity contribution is 6.03. The molecule has 10 heteroatoms. The molecule has 179 valence electrons. The molecule has 10 nitrogen and oxygen atoms in total. The van der Waals surface area contributed by atoms with Crippen molar-refractivity contribution in [3.8, 4) is 0 Å². The second-order valence-corrected chi connectivity index (χ2v) is 9.18. The number of H-pyrrole nitrogens is 1. The summed E-state index contributed by atoms with van der Waals surface area (Å²) in [6.07, 6.45) is 8.11. The summed E-state index contributed by atoms with van der Waals surface area (Å²) in [5, 5.41) is 13.9. The molecule has 0 spiro atoms. The zero-order valence-corrected chi connectivity index (χ0v) is 19.5. The van der Waals surface area contributed by atoms with Crippen molar-refractivity contribution in [2.75, 3.05) is 23.4 Å². The summed E-state index contributed by atoms with van der Waals surface area (Å²) >= 11 is 0. The van der Waals surface area contributed by atoms with E-state index in [2.05, 4.69) is 25.8 Å². The number of nitrogens with zero attached hydrogens (tertiary/aromatic N) is 4. The lowest BCUT2D eigenvalue weighted by atomic mass is 10.1. The van der Waals surface area contributed by atoms with E-state index in [4.69, 9.17) is 4.74 Å². The maximum absolute atomic E-state index is 12.4. The van der Waals surface area contributed by atoms with E-state index < -0.39 is 5.97 Å². The van der Waals surface area contributed by atoms with Crippen LogP contribution in [0.1, 0.15) is 54.6 Å². The van der Waals surface area contributed by atoms with E-state index >= 15 is 0 Å². The third-order valence-corrected chi connectivity index (χ3v) is 6.36. The number of esters is 1. The normalized spacial score (nSPS) is 19.5. The number of ether oxygens (including phenoxy) is 1. The van der Waals surface area contributed by atoms with Crippen LogP contribution in [0.5, 0.6) is 0 Å². The van der Waals surface area contributed by atoms with Crippen molar-refractivity contribution >= 4 is 29.2 Å². The Bertz CT molecular complexity index is 1250. The number of rotatable bonds is 8. The van der Waals surface area contributed by atoms with Crippen LogP contribution in [0, 0.1) is 0 Å². The van der Waals surface area contributed by atoms with Gasteiger partial charge in [-0.2, -0.15) is 10.1 Å². The van der Waals surface area contributed by atoms with Gasteiger partial charge in [-0.3, -0.25) is 15.2 Å². The quantitative estimate of drug-likeness (QED) is 0.401. The van der Waals surface area contributed by atoms with Crippen LogP contribution in [0.25, 0.3) is 0 Å². The van der Waals surface area contributed by atoms with Gasteiger partial charge in [0.15, 0.2) is 12.0 Å². The van der Waals surface area contributed by atoms with Crippen molar-refractivity contribution in [3.05, 3.63) is 65.5 Å². The van der Waals surface area contributed by atoms with Crippen molar-refractivity contribution in [1.29, 1.82) is 0 Å². The van der Waals surface area contributed by atoms with E-state index in [1.54, 1.807) is 13.1 Å². The predicted molar refractivity (Wildman–Crippen MR) is 131 cm³/mol. The number of anilines is 2. The van der Waals surface area contributed by atoms with E-state index in [-0.39, 0.29) is 18.2 Å². The molecule has 3 heterocycles. The van der Waals surface area contributed by atoms with Crippen molar-refractivity contribution in [3.63, 3.8) is 0 Å². The highest BCUT2D eigenvalue weighted by Gasteiger charge is 2.42. The number of hydrogen-bond acceptors (Lipinski definition) is 8. The first-order valence-electron chi connectivity index (χ1n) is 12.0. The first-order chi connectivity index (χ1) is 17.1. The Labute approximate surface area is 202 Å². The van der Waals surface area contributed by atoms with Crippen LogP contribution in [0.3, 0.4) is 0 Å². The summed E-state index contributed by atoms with van der Waals surface area (Å²) in [5.74, 6) is 2.15. The largest absolute Gasteiger partial charge is 0.461 e. The summed E-state index contributed by atoms with van der Waals surface area (Å²) in [5.41, 5.74) is 2.92. The molecule has 2 aromatic rings. The molecule has 1 aromatic carbocycles. The number of carbonyl (C=O) groups is 2. The molecule has 35 heavy (non-hydrogen) atoms. The Morgan fingerprint density at radius 2 is 2.00 bits per heavy atom. The number of aliphatic imine (C=N–C) groups is 1. The van der Waals surface area contributed by atoms with Gasteiger partial charge >= 0.3 is 5.97 Å². The first-order valence-corrected chi connectivity index (χ1v) is 12.0. The molecule has 0 saturated heterocycles. The van der Waals surface area contributed by atoms with E-state index in [1.165, 1.54) is 12.8 Å². The second-order valence-electron chi connectivity index (χ2n) is 9.18. The fourth-order valence-electron chi connectivity index (χ4n) is 4.14. The molecule has 0 atom stereocenters. The Morgan fingerprint density at radius 1 is 1.20 bits per heavy atom. The number of fused-ring (bicyclic) bond motifs is 1. The van der Waals surface area contributed by atoms with Gasteiger partial charge in [0.25, 0.3) is 17.6 Å². The van der Waals surface area contributed by atoms with Gasteiger partial charge in [0, 0.05) is 35.0 Å². The molecule has 2 fully saturated rings. The number of carbonyl (C=O) groups excluding carboxylic acids is 2. The maximum atomic E-state index is 12.4. The minimum atomic E-state index is -0.456. The Hall–Kier alpha value is -3.92. The van der Waals surface area contributed by atoms with Crippen LogP contribution >= 0.6 is 0 Å². The van der Waals surface area contributed by atoms with Crippen molar-refractivity contribution < 1.29 is 14.3 Å². The molecule has 1 amide bonds. The minimum Gasteiger partial charge on any atom is -0.461 e. The number of nitrogens with one attached hydrogen (secondary N) is 3. The second kappa shape index (κ2) is 8.70. The van der Waals surface area contributed by atoms with E-state index in [9.17, 15) is 9.59 Å². The molecule has 3 N–H and O–H groups in total. The van der Waals surface area contributed by atoms with Crippen LogP contribution < -0.4 is 20.4 Å². The molecule has 0 bridgehead atoms. The summed E-state index contributed by atoms with van der Waals surface area (Å²) in [4.78, 5) is 33.1. The first kappa shape index (κ1) is 21.6. The molecule has 1 aromatic heterocycles. The van der Waals surface area contributed by atoms with Gasteiger partial charge in [-0.25, -0.2) is 4.79 Å². The van der Waals surface area contributed by atoms with Crippen molar-refractivity contribution in [1.82, 2.24) is 20.4 Å². The van der Waals surface area contributed by atoms with Crippen molar-refractivity contribution in [2.45, 2.75) is 44.6 Å². The van der Waals surface area contributed by atoms with E-state index in [0.717, 1.165) is 24.2 Å². The van der Waals surface area contributed by atoms with Gasteiger partial charge in [-0.15, -0.1) is 0 Å². The Balaban J connectivity index is 1.26. The Kier molecular flexibility index (Phi) is 5.37. The fraction of sp³-hybridized carbons (Fsp3) is 0.360. The highest BCUT2D eigenvalue weighted by atomic mass is 16.5. The fourth-order valence-corrected chi connectivity index (χ4v) is 4.14. The van der Waals surface area contributed by atoms with E-state index in [1.807, 2.05) is 46.3 Å². The average molecular weight is 474 g/mol. The van der Waals surface area contributed by atoms with Gasteiger partial charge in [0.05, 0.1) is 12.8 Å². The molecule has 6 rings (SSSR count). The molecular formula is C25H27N7O3+. The molecule has 4 aliphatic rings. The number of benzene rings is 1. The molecule has 2 aliphatic carbocycles. The van der Waals surface area contributed by atoms with E-state index in [0.29, 0.717) is 41.5 Å². The number of amides is 1. The number of hydrogen-bond donors (Lipinski definition) is 3. The van der Waals surface area contributed by atoms with Crippen LogP contribution in [-0.2, 0) is 9.53 Å². The number of amidine groups is 1. The van der Waals surface area contributed by atoms with Gasteiger partial charge in [0.2, 0.25) is 5.70 Å². The topological polar surface area (TPSA) is 118 Å². The Morgan fingerprint density at radius 3 is 2.71 bits per heavy atom. The lowest BCUT2D eigenvalue weighted by Gasteiger charge is -2.25. The zero-order chi connectivity index (χ0) is 23.9. The molecule has 2 saturated carbocycles. The van der Waals surface area contributed by atoms with Gasteiger partial charge < -0.3 is 15.0 Å². The maximum Gasteiger partial charge on any atom is 0.362 e. The van der Waals surface area contributed by atoms with Crippen LogP contribution in [0.15, 0.2) is 59.2 Å². The molecule has 1 radical (unpaired) electrons. The smallest absolute Gasteiger partial charge is 0.362 e. The molecule has 2 aliphatic heterocycles. The van der Waals surface area contributed by atoms with Gasteiger partial charge in [-0.05, 0) is 61.8 Å². The van der Waals surface area contributed by atoms with Crippen LogP contribution in [-0.4, -0.2) is 47.1 Å². The standard InChI is InChI=1S/C25H27N7O3/c1-2-35-25(34)20-12-32-22(27-20)13-31(14-23(32)28-21-11-19(29-30-21)15-3-4-15)18-9-5-16(6-10-18)24(33)26-17-7-8-17/h5-6,9-12,14-15,17H,2-4,7-8,13H2,1H3,(H,26,33)(H2,28,29,30)/q+1. The highest BCUT2D eigenvalue weighted by Crippen LogP contribution is 2.39. The van der Waals surface area contributed by atoms with Gasteiger partial charge in [0.1, 0.15) is 6.54 Å². The number of aromatic nitrogens is 2. The lowest BCUT2D eigenvalue weighted by molar-refractivity contribution is -0.138. The SMILES string of the molecule is CCOC(=O)C1=C[N+]2C(Nc3cc(C4CC4)[nH]n3)=CN(c3ccc(C(=O)NC4CC4)cc3)CC2=N1. The van der Waals surface area contributed by atoms with Crippen LogP contribution in [0.4, 0.5) is 11.5 Å². The van der Waals surface area contributed by atoms with Crippen LogP contribution in [0.2, 0.25) is 0 Å². The van der Waals surface area contributed by atoms with Crippen molar-refractivity contribution in [2.24, 2.45) is 4.99 Å². The summed E-state index contributed by atoms with van der Waals surface area (Å²) in [7, 11) is 0. The monoisotopic (exact) mass is 473 g/mol. The molecular weight excluding hydrogens is 446 g/mol. The molecule has 0 unspecified atom stereocenters. The lowest BCUT2D eigenvalue weighted by Crippen LogP contribution is -2.45. The summed E-state index contributed by atoms with van der Waals surface area (Å²) in [6.45, 7) is 2.50. The average Bonchev–Trinajstić information content (AvgIpc) is 3.79. The number of aromatic amines is 1.